The van der Waals surface area contributed by atoms with Gasteiger partial charge in [0.15, 0.2) is 0 Å². The largest absolute Gasteiger partial charge is 0.299 e. The lowest BCUT2D eigenvalue weighted by Gasteiger charge is -1.89. The van der Waals surface area contributed by atoms with Crippen molar-refractivity contribution in [3.63, 3.8) is 0 Å². The van der Waals surface area contributed by atoms with Crippen LogP contribution in [0.5, 0.6) is 0 Å². The minimum atomic E-state index is 0.760. The molecule has 0 rings (SSSR count). The fraction of sp³-hybridized carbons (Fsp3) is 0.158. The molecule has 0 atom stereocenters. The maximum Gasteiger partial charge on any atom is 0.142 e. The molecule has 0 aliphatic heterocycles. The summed E-state index contributed by atoms with van der Waals surface area (Å²) in [5.41, 5.74) is 3.15. The summed E-state index contributed by atoms with van der Waals surface area (Å²) in [5.74, 6) is 0. The van der Waals surface area contributed by atoms with Gasteiger partial charge in [-0.1, -0.05) is 71.4 Å². The first kappa shape index (κ1) is 18.5. The van der Waals surface area contributed by atoms with Crippen molar-refractivity contribution in [2.24, 2.45) is 0 Å². The first-order valence-electron chi connectivity index (χ1n) is 6.70. The molecule has 2 heteroatoms. The number of carbonyl (C=O) groups is 2. The molecule has 21 heavy (non-hydrogen) atoms. The molecule has 0 fully saturated rings. The average molecular weight is 282 g/mol. The van der Waals surface area contributed by atoms with Crippen molar-refractivity contribution in [2.75, 3.05) is 0 Å². The molecule has 0 saturated heterocycles. The van der Waals surface area contributed by atoms with E-state index in [0.717, 1.165) is 29.3 Å². The van der Waals surface area contributed by atoms with E-state index >= 15 is 0 Å². The van der Waals surface area contributed by atoms with Crippen molar-refractivity contribution in [1.29, 1.82) is 0 Å². The van der Waals surface area contributed by atoms with Crippen LogP contribution in [0.3, 0.4) is 0 Å². The lowest BCUT2D eigenvalue weighted by Crippen LogP contribution is -1.70. The second kappa shape index (κ2) is 12.5. The maximum atomic E-state index is 10.2. The van der Waals surface area contributed by atoms with E-state index in [1.165, 1.54) is 12.2 Å². The highest BCUT2D eigenvalue weighted by Crippen LogP contribution is 2.00. The maximum absolute atomic E-state index is 10.2. The van der Waals surface area contributed by atoms with Crippen LogP contribution in [0.1, 0.15) is 20.8 Å². The molecule has 0 N–H and O–H groups in total. The second-order valence-corrected chi connectivity index (χ2v) is 4.47. The summed E-state index contributed by atoms with van der Waals surface area (Å²) in [6.45, 7) is 5.87. The highest BCUT2D eigenvalue weighted by atomic mass is 16.1. The van der Waals surface area contributed by atoms with Crippen molar-refractivity contribution in [2.45, 2.75) is 20.8 Å². The number of hydrogen-bond acceptors (Lipinski definition) is 2. The zero-order valence-corrected chi connectivity index (χ0v) is 12.8. The van der Waals surface area contributed by atoms with Gasteiger partial charge in [-0.2, -0.15) is 0 Å². The average Bonchev–Trinajstić information content (AvgIpc) is 2.47. The van der Waals surface area contributed by atoms with E-state index in [1.807, 2.05) is 63.3 Å². The molecule has 0 bridgehead atoms. The van der Waals surface area contributed by atoms with E-state index in [-0.39, 0.29) is 0 Å². The van der Waals surface area contributed by atoms with Gasteiger partial charge in [0, 0.05) is 0 Å². The number of allylic oxidation sites excluding steroid dienone is 14. The van der Waals surface area contributed by atoms with Gasteiger partial charge in [0.2, 0.25) is 0 Å². The van der Waals surface area contributed by atoms with Crippen LogP contribution in [-0.4, -0.2) is 12.6 Å². The van der Waals surface area contributed by atoms with E-state index in [4.69, 9.17) is 0 Å². The zero-order valence-electron chi connectivity index (χ0n) is 12.8. The number of hydrogen-bond donors (Lipinski definition) is 0. The Morgan fingerprint density at radius 1 is 0.524 bits per heavy atom. The molecule has 0 radical (unpaired) electrons. The molecule has 0 spiro atoms. The first-order chi connectivity index (χ1) is 10.1. The van der Waals surface area contributed by atoms with Gasteiger partial charge in [0.05, 0.1) is 0 Å². The van der Waals surface area contributed by atoms with Crippen LogP contribution < -0.4 is 0 Å². The molecule has 110 valence electrons. The zero-order chi connectivity index (χ0) is 15.9. The van der Waals surface area contributed by atoms with Gasteiger partial charge < -0.3 is 0 Å². The van der Waals surface area contributed by atoms with E-state index in [1.54, 1.807) is 12.2 Å². The third kappa shape index (κ3) is 12.3. The second-order valence-electron chi connectivity index (χ2n) is 4.47. The lowest BCUT2D eigenvalue weighted by atomic mass is 10.2. The number of carbonyl (C=O) groups excluding carboxylic acids is 2. The summed E-state index contributed by atoms with van der Waals surface area (Å²) in [6, 6.07) is 0. The van der Waals surface area contributed by atoms with E-state index in [2.05, 4.69) is 0 Å². The van der Waals surface area contributed by atoms with E-state index < -0.39 is 0 Å². The predicted octanol–water partition coefficient (Wildman–Crippen LogP) is 4.45. The summed E-state index contributed by atoms with van der Waals surface area (Å²) in [7, 11) is 0. The highest BCUT2D eigenvalue weighted by Gasteiger charge is 1.80. The SMILES string of the molecule is CC(C=CC=O)=CC=CC=C(C)C=CC=C(C)C=CC=O. The summed E-state index contributed by atoms with van der Waals surface area (Å²) in [4.78, 5) is 20.3. The molecule has 0 heterocycles. The predicted molar refractivity (Wildman–Crippen MR) is 90.0 cm³/mol. The fourth-order valence-corrected chi connectivity index (χ4v) is 1.32. The van der Waals surface area contributed by atoms with E-state index in [9.17, 15) is 9.59 Å². The highest BCUT2D eigenvalue weighted by molar-refractivity contribution is 5.66. The topological polar surface area (TPSA) is 34.1 Å². The Bertz CT molecular complexity index is 536. The first-order valence-corrected chi connectivity index (χ1v) is 6.70. The Morgan fingerprint density at radius 2 is 0.857 bits per heavy atom. The molecule has 0 aromatic heterocycles. The minimum Gasteiger partial charge on any atom is -0.299 e. The van der Waals surface area contributed by atoms with Gasteiger partial charge in [-0.15, -0.1) is 0 Å². The van der Waals surface area contributed by atoms with Crippen LogP contribution in [0, 0.1) is 0 Å². The van der Waals surface area contributed by atoms with Gasteiger partial charge >= 0.3 is 0 Å². The van der Waals surface area contributed by atoms with Gasteiger partial charge in [-0.25, -0.2) is 0 Å². The molecule has 2 nitrogen and oxygen atoms in total. The molecular formula is C19H22O2. The van der Waals surface area contributed by atoms with Crippen molar-refractivity contribution in [3.05, 3.63) is 83.6 Å². The molecule has 0 aliphatic carbocycles. The Labute approximate surface area is 127 Å². The van der Waals surface area contributed by atoms with Gasteiger partial charge in [0.1, 0.15) is 12.6 Å². The quantitative estimate of drug-likeness (QED) is 0.374. The smallest absolute Gasteiger partial charge is 0.142 e. The molecule has 0 aliphatic rings. The summed E-state index contributed by atoms with van der Waals surface area (Å²) in [6.07, 6.45) is 21.7. The van der Waals surface area contributed by atoms with Gasteiger partial charge in [0.25, 0.3) is 0 Å². The standard InChI is InChI=1S/C19H22O2/c1-17(11-6-12-19(3)14-8-16-21)9-4-5-10-18(2)13-7-15-20/h4-16H,1-3H3. The minimum absolute atomic E-state index is 0.760. The summed E-state index contributed by atoms with van der Waals surface area (Å²) >= 11 is 0. The van der Waals surface area contributed by atoms with Crippen LogP contribution in [0.25, 0.3) is 0 Å². The third-order valence-corrected chi connectivity index (χ3v) is 2.42. The van der Waals surface area contributed by atoms with Crippen LogP contribution in [0.4, 0.5) is 0 Å². The van der Waals surface area contributed by atoms with Crippen molar-refractivity contribution in [1.82, 2.24) is 0 Å². The molecule has 0 saturated carbocycles. The van der Waals surface area contributed by atoms with Gasteiger partial charge in [-0.05, 0) is 32.9 Å². The lowest BCUT2D eigenvalue weighted by molar-refractivity contribution is -0.104. The van der Waals surface area contributed by atoms with Crippen LogP contribution >= 0.6 is 0 Å². The van der Waals surface area contributed by atoms with Gasteiger partial charge in [-0.3, -0.25) is 9.59 Å². The Balaban J connectivity index is 4.49. The van der Waals surface area contributed by atoms with Crippen LogP contribution in [0.2, 0.25) is 0 Å². The summed E-state index contributed by atoms with van der Waals surface area (Å²) < 4.78 is 0. The Hall–Kier alpha value is -2.48. The molecular weight excluding hydrogens is 260 g/mol. The summed E-state index contributed by atoms with van der Waals surface area (Å²) in [5, 5.41) is 0. The Morgan fingerprint density at radius 3 is 1.24 bits per heavy atom. The number of aldehydes is 2. The monoisotopic (exact) mass is 282 g/mol. The normalized spacial score (nSPS) is 14.9. The number of rotatable bonds is 8. The fourth-order valence-electron chi connectivity index (χ4n) is 1.32. The molecule has 0 unspecified atom stereocenters. The molecule has 0 aromatic carbocycles. The third-order valence-electron chi connectivity index (χ3n) is 2.42. The molecule has 0 amide bonds. The van der Waals surface area contributed by atoms with E-state index in [0.29, 0.717) is 0 Å². The van der Waals surface area contributed by atoms with Crippen LogP contribution in [0.15, 0.2) is 83.6 Å². The van der Waals surface area contributed by atoms with Crippen LogP contribution in [-0.2, 0) is 9.59 Å². The van der Waals surface area contributed by atoms with Crippen molar-refractivity contribution >= 4 is 12.6 Å². The molecule has 0 aromatic rings. The van der Waals surface area contributed by atoms with Crippen molar-refractivity contribution < 1.29 is 9.59 Å². The van der Waals surface area contributed by atoms with Crippen molar-refractivity contribution in [3.8, 4) is 0 Å². The Kier molecular flexibility index (Phi) is 11.1.